The molecule has 0 spiro atoms. The molecule has 1 heterocycles. The van der Waals surface area contributed by atoms with Crippen molar-refractivity contribution in [1.82, 2.24) is 4.90 Å². The second kappa shape index (κ2) is 10.6. The molecule has 31 heavy (non-hydrogen) atoms. The first kappa shape index (κ1) is 22.4. The van der Waals surface area contributed by atoms with Crippen LogP contribution in [0.5, 0.6) is 0 Å². The van der Waals surface area contributed by atoms with Crippen molar-refractivity contribution in [1.29, 1.82) is 0 Å². The third kappa shape index (κ3) is 6.33. The number of carbonyl (C=O) groups is 2. The van der Waals surface area contributed by atoms with Crippen LogP contribution in [-0.4, -0.2) is 41.2 Å². The van der Waals surface area contributed by atoms with Gasteiger partial charge in [0.05, 0.1) is 4.92 Å². The van der Waals surface area contributed by atoms with Crippen LogP contribution < -0.4 is 0 Å². The molecule has 0 aliphatic carbocycles. The van der Waals surface area contributed by atoms with Crippen LogP contribution in [0.4, 0.5) is 5.69 Å². The van der Waals surface area contributed by atoms with Gasteiger partial charge in [0.1, 0.15) is 11.7 Å². The number of nitro benzene ring substituents is 1. The van der Waals surface area contributed by atoms with E-state index in [9.17, 15) is 19.7 Å². The summed E-state index contributed by atoms with van der Waals surface area (Å²) in [4.78, 5) is 37.9. The van der Waals surface area contributed by atoms with Crippen LogP contribution in [0.2, 0.25) is 0 Å². The van der Waals surface area contributed by atoms with E-state index in [2.05, 4.69) is 4.90 Å². The molecule has 1 aliphatic heterocycles. The molecule has 1 unspecified atom stereocenters. The quantitative estimate of drug-likeness (QED) is 0.157. The fraction of sp³-hybridized carbons (Fsp3) is 0.333. The van der Waals surface area contributed by atoms with Crippen LogP contribution in [0.15, 0.2) is 60.2 Å². The molecule has 7 heteroatoms. The van der Waals surface area contributed by atoms with Crippen molar-refractivity contribution in [3.63, 3.8) is 0 Å². The Morgan fingerprint density at radius 3 is 2.45 bits per heavy atom. The van der Waals surface area contributed by atoms with Gasteiger partial charge in [-0.05, 0) is 50.1 Å². The van der Waals surface area contributed by atoms with E-state index in [0.717, 1.165) is 31.5 Å². The zero-order valence-corrected chi connectivity index (χ0v) is 17.5. The maximum atomic E-state index is 13.0. The molecule has 1 saturated heterocycles. The number of piperidine rings is 1. The second-order valence-corrected chi connectivity index (χ2v) is 7.63. The van der Waals surface area contributed by atoms with Crippen molar-refractivity contribution < 1.29 is 19.2 Å². The van der Waals surface area contributed by atoms with Crippen LogP contribution in [0.3, 0.4) is 0 Å². The lowest BCUT2D eigenvalue weighted by atomic mass is 10.1. The number of nitro groups is 1. The minimum absolute atomic E-state index is 0.114. The summed E-state index contributed by atoms with van der Waals surface area (Å²) in [5, 5.41) is 11.0. The van der Waals surface area contributed by atoms with Crippen molar-refractivity contribution in [2.75, 3.05) is 19.6 Å². The molecule has 2 aromatic rings. The molecule has 0 bridgehead atoms. The van der Waals surface area contributed by atoms with Gasteiger partial charge in [-0.2, -0.15) is 0 Å². The van der Waals surface area contributed by atoms with Gasteiger partial charge >= 0.3 is 5.97 Å². The van der Waals surface area contributed by atoms with Gasteiger partial charge in [-0.15, -0.1) is 0 Å². The van der Waals surface area contributed by atoms with Gasteiger partial charge in [0.25, 0.3) is 5.69 Å². The number of esters is 1. The molecule has 2 aromatic carbocycles. The molecule has 1 atom stereocenters. The van der Waals surface area contributed by atoms with Gasteiger partial charge in [-0.1, -0.05) is 48.9 Å². The first-order valence-corrected chi connectivity index (χ1v) is 10.4. The van der Waals surface area contributed by atoms with Crippen molar-refractivity contribution in [2.24, 2.45) is 0 Å². The SMILES string of the molecule is CC(=O)C(=Cc1cccc([N+](=O)[O-])c1)C(=O)OC(CN1CCCCC1)c1ccccc1. The lowest BCUT2D eigenvalue weighted by Gasteiger charge is -2.30. The van der Waals surface area contributed by atoms with E-state index in [1.165, 1.54) is 37.6 Å². The Kier molecular flexibility index (Phi) is 7.67. The Hall–Kier alpha value is -3.32. The predicted molar refractivity (Wildman–Crippen MR) is 117 cm³/mol. The van der Waals surface area contributed by atoms with E-state index in [-0.39, 0.29) is 11.3 Å². The number of ether oxygens (including phenoxy) is 1. The Balaban J connectivity index is 1.84. The van der Waals surface area contributed by atoms with Crippen molar-refractivity contribution >= 4 is 23.5 Å². The van der Waals surface area contributed by atoms with E-state index in [1.54, 1.807) is 6.07 Å². The number of carbonyl (C=O) groups excluding carboxylic acids is 2. The Labute approximate surface area is 181 Å². The van der Waals surface area contributed by atoms with Gasteiger partial charge < -0.3 is 4.74 Å². The number of hydrogen-bond acceptors (Lipinski definition) is 6. The lowest BCUT2D eigenvalue weighted by Crippen LogP contribution is -2.35. The van der Waals surface area contributed by atoms with Crippen molar-refractivity contribution in [3.05, 3.63) is 81.4 Å². The van der Waals surface area contributed by atoms with E-state index < -0.39 is 22.8 Å². The third-order valence-electron chi connectivity index (χ3n) is 5.28. The monoisotopic (exact) mass is 422 g/mol. The number of Topliss-reactive ketones (excluding diaryl/α,β-unsaturated/α-hetero) is 1. The normalized spacial score (nSPS) is 15.8. The standard InChI is InChI=1S/C24H26N2O5/c1-18(27)22(16-19-9-8-12-21(15-19)26(29)30)24(28)31-23(20-10-4-2-5-11-20)17-25-13-6-3-7-14-25/h2,4-5,8-12,15-16,23H,3,6-7,13-14,17H2,1H3. The highest BCUT2D eigenvalue weighted by atomic mass is 16.6. The molecule has 0 aromatic heterocycles. The molecule has 3 rings (SSSR count). The number of non-ortho nitro benzene ring substituents is 1. The van der Waals surface area contributed by atoms with Crippen molar-refractivity contribution in [2.45, 2.75) is 32.3 Å². The van der Waals surface area contributed by atoms with E-state index in [1.807, 2.05) is 30.3 Å². The van der Waals surface area contributed by atoms with Crippen LogP contribution in [0.25, 0.3) is 6.08 Å². The summed E-state index contributed by atoms with van der Waals surface area (Å²) in [5.41, 5.74) is 1.00. The molecule has 162 valence electrons. The van der Waals surface area contributed by atoms with E-state index >= 15 is 0 Å². The van der Waals surface area contributed by atoms with Gasteiger partial charge in [0.15, 0.2) is 5.78 Å². The zero-order valence-electron chi connectivity index (χ0n) is 17.5. The summed E-state index contributed by atoms with van der Waals surface area (Å²) < 4.78 is 5.81. The highest BCUT2D eigenvalue weighted by Crippen LogP contribution is 2.24. The van der Waals surface area contributed by atoms with E-state index in [4.69, 9.17) is 4.74 Å². The topological polar surface area (TPSA) is 89.8 Å². The summed E-state index contributed by atoms with van der Waals surface area (Å²) in [6, 6.07) is 15.3. The molecule has 7 nitrogen and oxygen atoms in total. The van der Waals surface area contributed by atoms with Crippen LogP contribution >= 0.6 is 0 Å². The fourth-order valence-electron chi connectivity index (χ4n) is 3.65. The molecule has 0 radical (unpaired) electrons. The van der Waals surface area contributed by atoms with Gasteiger partial charge in [-0.25, -0.2) is 4.79 Å². The Morgan fingerprint density at radius 1 is 1.10 bits per heavy atom. The molecule has 1 fully saturated rings. The summed E-state index contributed by atoms with van der Waals surface area (Å²) in [6.07, 6.45) is 4.26. The largest absolute Gasteiger partial charge is 0.452 e. The van der Waals surface area contributed by atoms with Gasteiger partial charge in [-0.3, -0.25) is 19.8 Å². The molecular formula is C24H26N2O5. The van der Waals surface area contributed by atoms with Crippen LogP contribution in [-0.2, 0) is 14.3 Å². The Bertz CT molecular complexity index is 965. The molecule has 0 N–H and O–H groups in total. The first-order chi connectivity index (χ1) is 14.9. The fourth-order valence-corrected chi connectivity index (χ4v) is 3.65. The summed E-state index contributed by atoms with van der Waals surface area (Å²) in [5.74, 6) is -1.19. The third-order valence-corrected chi connectivity index (χ3v) is 5.28. The summed E-state index contributed by atoms with van der Waals surface area (Å²) >= 11 is 0. The number of hydrogen-bond donors (Lipinski definition) is 0. The average Bonchev–Trinajstić information content (AvgIpc) is 2.78. The molecule has 0 amide bonds. The predicted octanol–water partition coefficient (Wildman–Crippen LogP) is 4.34. The van der Waals surface area contributed by atoms with Gasteiger partial charge in [0.2, 0.25) is 0 Å². The zero-order chi connectivity index (χ0) is 22.2. The number of rotatable bonds is 8. The highest BCUT2D eigenvalue weighted by molar-refractivity contribution is 6.19. The maximum Gasteiger partial charge on any atom is 0.342 e. The number of likely N-dealkylation sites (tertiary alicyclic amines) is 1. The minimum atomic E-state index is -0.732. The average molecular weight is 422 g/mol. The first-order valence-electron chi connectivity index (χ1n) is 10.4. The highest BCUT2D eigenvalue weighted by Gasteiger charge is 2.25. The smallest absolute Gasteiger partial charge is 0.342 e. The number of ketones is 1. The van der Waals surface area contributed by atoms with Crippen LogP contribution in [0, 0.1) is 10.1 Å². The summed E-state index contributed by atoms with van der Waals surface area (Å²) in [6.45, 7) is 3.73. The number of nitrogens with zero attached hydrogens (tertiary/aromatic N) is 2. The van der Waals surface area contributed by atoms with Crippen molar-refractivity contribution in [3.8, 4) is 0 Å². The van der Waals surface area contributed by atoms with E-state index in [0.29, 0.717) is 12.1 Å². The second-order valence-electron chi connectivity index (χ2n) is 7.63. The molecule has 1 aliphatic rings. The lowest BCUT2D eigenvalue weighted by molar-refractivity contribution is -0.384. The molecule has 0 saturated carbocycles. The number of benzene rings is 2. The van der Waals surface area contributed by atoms with Gasteiger partial charge in [0, 0.05) is 18.7 Å². The minimum Gasteiger partial charge on any atom is -0.452 e. The summed E-state index contributed by atoms with van der Waals surface area (Å²) in [7, 11) is 0. The maximum absolute atomic E-state index is 13.0. The Morgan fingerprint density at radius 2 is 1.81 bits per heavy atom. The molecular weight excluding hydrogens is 396 g/mol. The van der Waals surface area contributed by atoms with Crippen LogP contribution in [0.1, 0.15) is 43.4 Å².